The SMILES string of the molecule is O=C(CCn1ncc(=O)c2ccccc21)NCCc1c[nH]c2ccccc12. The number of hydrogen-bond donors (Lipinski definition) is 2. The van der Waals surface area contributed by atoms with Crippen LogP contribution in [0.5, 0.6) is 0 Å². The molecule has 2 aromatic heterocycles. The summed E-state index contributed by atoms with van der Waals surface area (Å²) in [6.45, 7) is 1.01. The fourth-order valence-corrected chi connectivity index (χ4v) is 3.31. The van der Waals surface area contributed by atoms with Crippen molar-refractivity contribution in [1.82, 2.24) is 20.1 Å². The van der Waals surface area contributed by atoms with Crippen LogP contribution in [0.4, 0.5) is 0 Å². The van der Waals surface area contributed by atoms with Gasteiger partial charge in [-0.1, -0.05) is 30.3 Å². The molecule has 6 heteroatoms. The van der Waals surface area contributed by atoms with E-state index in [1.807, 2.05) is 42.6 Å². The number of carbonyl (C=O) groups excluding carboxylic acids is 1. The van der Waals surface area contributed by atoms with Gasteiger partial charge < -0.3 is 10.3 Å². The topological polar surface area (TPSA) is 79.8 Å². The highest BCUT2D eigenvalue weighted by Gasteiger charge is 2.07. The molecule has 0 aliphatic heterocycles. The molecule has 1 amide bonds. The molecule has 0 atom stereocenters. The third-order valence-corrected chi connectivity index (χ3v) is 4.70. The normalized spacial score (nSPS) is 11.1. The number of amides is 1. The Labute approximate surface area is 155 Å². The van der Waals surface area contributed by atoms with E-state index >= 15 is 0 Å². The Balaban J connectivity index is 1.34. The van der Waals surface area contributed by atoms with Crippen LogP contribution in [-0.4, -0.2) is 27.2 Å². The lowest BCUT2D eigenvalue weighted by Crippen LogP contribution is -2.27. The summed E-state index contributed by atoms with van der Waals surface area (Å²) in [5.74, 6) is -0.0283. The first kappa shape index (κ1) is 17.0. The number of H-pyrrole nitrogens is 1. The lowest BCUT2D eigenvalue weighted by molar-refractivity contribution is -0.121. The number of aromatic amines is 1. The molecule has 0 bridgehead atoms. The largest absolute Gasteiger partial charge is 0.361 e. The summed E-state index contributed by atoms with van der Waals surface area (Å²) in [5.41, 5.74) is 2.94. The number of benzene rings is 2. The number of aryl methyl sites for hydroxylation is 1. The van der Waals surface area contributed by atoms with E-state index < -0.39 is 0 Å². The summed E-state index contributed by atoms with van der Waals surface area (Å²) in [5, 5.41) is 8.92. The lowest BCUT2D eigenvalue weighted by Gasteiger charge is -2.09. The fraction of sp³-hybridized carbons (Fsp3) is 0.190. The van der Waals surface area contributed by atoms with E-state index in [2.05, 4.69) is 21.5 Å². The van der Waals surface area contributed by atoms with Crippen molar-refractivity contribution >= 4 is 27.7 Å². The predicted octanol–water partition coefficient (Wildman–Crippen LogP) is 2.63. The number of nitrogens with one attached hydrogen (secondary N) is 2. The zero-order valence-corrected chi connectivity index (χ0v) is 14.8. The minimum Gasteiger partial charge on any atom is -0.361 e. The second-order valence-electron chi connectivity index (χ2n) is 6.46. The minimum atomic E-state index is -0.106. The lowest BCUT2D eigenvalue weighted by atomic mass is 10.1. The van der Waals surface area contributed by atoms with Gasteiger partial charge in [-0.3, -0.25) is 14.3 Å². The van der Waals surface area contributed by atoms with Crippen LogP contribution < -0.4 is 10.7 Å². The Hall–Kier alpha value is -3.41. The van der Waals surface area contributed by atoms with Crippen LogP contribution in [0.1, 0.15) is 12.0 Å². The molecule has 136 valence electrons. The molecule has 0 fully saturated rings. The van der Waals surface area contributed by atoms with E-state index in [0.29, 0.717) is 24.9 Å². The summed E-state index contributed by atoms with van der Waals surface area (Å²) >= 11 is 0. The smallest absolute Gasteiger partial charge is 0.221 e. The molecule has 0 unspecified atom stereocenters. The van der Waals surface area contributed by atoms with Gasteiger partial charge in [-0.2, -0.15) is 5.10 Å². The number of fused-ring (bicyclic) bond motifs is 2. The van der Waals surface area contributed by atoms with E-state index in [9.17, 15) is 9.59 Å². The number of nitrogens with zero attached hydrogens (tertiary/aromatic N) is 2. The van der Waals surface area contributed by atoms with Crippen molar-refractivity contribution in [3.05, 3.63) is 76.7 Å². The van der Waals surface area contributed by atoms with Gasteiger partial charge in [-0.05, 0) is 30.2 Å². The van der Waals surface area contributed by atoms with E-state index in [0.717, 1.165) is 17.5 Å². The van der Waals surface area contributed by atoms with Crippen molar-refractivity contribution in [3.8, 4) is 0 Å². The minimum absolute atomic E-state index is 0.0283. The van der Waals surface area contributed by atoms with E-state index in [4.69, 9.17) is 0 Å². The van der Waals surface area contributed by atoms with Gasteiger partial charge in [0, 0.05) is 35.5 Å². The third kappa shape index (κ3) is 3.60. The summed E-state index contributed by atoms with van der Waals surface area (Å²) in [6.07, 6.45) is 4.38. The van der Waals surface area contributed by atoms with Gasteiger partial charge in [-0.25, -0.2) is 0 Å². The first-order valence-corrected chi connectivity index (χ1v) is 8.99. The monoisotopic (exact) mass is 360 g/mol. The molecule has 0 aliphatic carbocycles. The zero-order valence-electron chi connectivity index (χ0n) is 14.8. The fourth-order valence-electron chi connectivity index (χ4n) is 3.31. The summed E-state index contributed by atoms with van der Waals surface area (Å²) in [6, 6.07) is 15.4. The van der Waals surface area contributed by atoms with Gasteiger partial charge in [0.1, 0.15) is 0 Å². The van der Waals surface area contributed by atoms with Crippen LogP contribution in [0.2, 0.25) is 0 Å². The quantitative estimate of drug-likeness (QED) is 0.555. The second-order valence-corrected chi connectivity index (χ2v) is 6.46. The molecule has 0 aliphatic rings. The second kappa shape index (κ2) is 7.45. The molecule has 0 spiro atoms. The van der Waals surface area contributed by atoms with Gasteiger partial charge in [-0.15, -0.1) is 0 Å². The standard InChI is InChI=1S/C21H20N4O2/c26-20-14-24-25(19-8-4-2-6-17(19)20)12-10-21(27)22-11-9-15-13-23-18-7-3-1-5-16(15)18/h1-8,13-14,23H,9-12H2,(H,22,27). The van der Waals surface area contributed by atoms with Crippen LogP contribution in [0.3, 0.4) is 0 Å². The molecule has 6 nitrogen and oxygen atoms in total. The molecule has 0 saturated carbocycles. The number of aromatic nitrogens is 3. The van der Waals surface area contributed by atoms with Gasteiger partial charge in [0.05, 0.1) is 18.3 Å². The van der Waals surface area contributed by atoms with Crippen molar-refractivity contribution < 1.29 is 4.79 Å². The molecule has 2 N–H and O–H groups in total. The van der Waals surface area contributed by atoms with Gasteiger partial charge >= 0.3 is 0 Å². The van der Waals surface area contributed by atoms with Crippen molar-refractivity contribution in [2.24, 2.45) is 0 Å². The van der Waals surface area contributed by atoms with Gasteiger partial charge in [0.15, 0.2) is 0 Å². The number of carbonyl (C=O) groups is 1. The maximum absolute atomic E-state index is 12.2. The number of para-hydroxylation sites is 2. The molecule has 2 aromatic carbocycles. The maximum Gasteiger partial charge on any atom is 0.221 e. The third-order valence-electron chi connectivity index (χ3n) is 4.70. The summed E-state index contributed by atoms with van der Waals surface area (Å²) < 4.78 is 1.70. The highest BCUT2D eigenvalue weighted by Crippen LogP contribution is 2.17. The van der Waals surface area contributed by atoms with Crippen molar-refractivity contribution in [3.63, 3.8) is 0 Å². The maximum atomic E-state index is 12.2. The molecule has 4 rings (SSSR count). The summed E-state index contributed by atoms with van der Waals surface area (Å²) in [7, 11) is 0. The zero-order chi connectivity index (χ0) is 18.6. The average Bonchev–Trinajstić information content (AvgIpc) is 3.11. The van der Waals surface area contributed by atoms with Crippen LogP contribution in [0.25, 0.3) is 21.8 Å². The molecule has 0 saturated heterocycles. The number of rotatable bonds is 6. The van der Waals surface area contributed by atoms with Crippen LogP contribution >= 0.6 is 0 Å². The molecular formula is C21H20N4O2. The Morgan fingerprint density at radius 3 is 2.74 bits per heavy atom. The molecule has 27 heavy (non-hydrogen) atoms. The summed E-state index contributed by atoms with van der Waals surface area (Å²) in [4.78, 5) is 27.3. The first-order chi connectivity index (χ1) is 13.2. The van der Waals surface area contributed by atoms with Crippen molar-refractivity contribution in [1.29, 1.82) is 0 Å². The molecule has 4 aromatic rings. The molecule has 0 radical (unpaired) electrons. The highest BCUT2D eigenvalue weighted by molar-refractivity contribution is 5.83. The van der Waals surface area contributed by atoms with Crippen molar-refractivity contribution in [2.45, 2.75) is 19.4 Å². The first-order valence-electron chi connectivity index (χ1n) is 8.99. The Kier molecular flexibility index (Phi) is 4.70. The van der Waals surface area contributed by atoms with Gasteiger partial charge in [0.2, 0.25) is 11.3 Å². The van der Waals surface area contributed by atoms with E-state index in [1.165, 1.54) is 17.1 Å². The van der Waals surface area contributed by atoms with Crippen LogP contribution in [0, 0.1) is 0 Å². The average molecular weight is 360 g/mol. The van der Waals surface area contributed by atoms with Crippen LogP contribution in [0.15, 0.2) is 65.7 Å². The van der Waals surface area contributed by atoms with Crippen molar-refractivity contribution in [2.75, 3.05) is 6.54 Å². The van der Waals surface area contributed by atoms with Gasteiger partial charge in [0.25, 0.3) is 0 Å². The van der Waals surface area contributed by atoms with E-state index in [-0.39, 0.29) is 11.3 Å². The predicted molar refractivity (Wildman–Crippen MR) is 106 cm³/mol. The molecule has 2 heterocycles. The molecular weight excluding hydrogens is 340 g/mol. The Morgan fingerprint density at radius 2 is 1.85 bits per heavy atom. The Morgan fingerprint density at radius 1 is 1.07 bits per heavy atom. The van der Waals surface area contributed by atoms with Crippen LogP contribution in [-0.2, 0) is 17.8 Å². The Bertz CT molecular complexity index is 1160. The van der Waals surface area contributed by atoms with E-state index in [1.54, 1.807) is 10.7 Å². The number of hydrogen-bond acceptors (Lipinski definition) is 3. The highest BCUT2D eigenvalue weighted by atomic mass is 16.1.